The second kappa shape index (κ2) is 9.26. The summed E-state index contributed by atoms with van der Waals surface area (Å²) in [6, 6.07) is 19.8. The molecule has 1 aliphatic heterocycles. The third-order valence-corrected chi connectivity index (χ3v) is 8.40. The van der Waals surface area contributed by atoms with Gasteiger partial charge < -0.3 is 14.4 Å². The van der Waals surface area contributed by atoms with Gasteiger partial charge >= 0.3 is 0 Å². The first kappa shape index (κ1) is 23.2. The SMILES string of the molecule is COc1ccc(CN(C(=O)c2cc(S(=O)(=O)N3CCc4ccccc43)ccc2OC)C2CC2)cc1. The molecule has 0 unspecified atom stereocenters. The van der Waals surface area contributed by atoms with Crippen LogP contribution in [-0.4, -0.2) is 46.0 Å². The number of para-hydroxylation sites is 1. The van der Waals surface area contributed by atoms with Crippen molar-refractivity contribution in [3.8, 4) is 11.5 Å². The van der Waals surface area contributed by atoms with E-state index in [4.69, 9.17) is 9.47 Å². The zero-order valence-electron chi connectivity index (χ0n) is 19.8. The van der Waals surface area contributed by atoms with Crippen LogP contribution >= 0.6 is 0 Å². The van der Waals surface area contributed by atoms with Crippen molar-refractivity contribution in [3.05, 3.63) is 83.4 Å². The number of carbonyl (C=O) groups is 1. The highest BCUT2D eigenvalue weighted by Gasteiger charge is 2.36. The van der Waals surface area contributed by atoms with Crippen molar-refractivity contribution >= 4 is 21.6 Å². The van der Waals surface area contributed by atoms with E-state index in [1.165, 1.54) is 23.5 Å². The Morgan fingerprint density at radius 1 is 1.00 bits per heavy atom. The van der Waals surface area contributed by atoms with Crippen LogP contribution in [0.15, 0.2) is 71.6 Å². The zero-order valence-corrected chi connectivity index (χ0v) is 20.6. The van der Waals surface area contributed by atoms with Crippen LogP contribution in [0.3, 0.4) is 0 Å². The molecule has 0 N–H and O–H groups in total. The number of fused-ring (bicyclic) bond motifs is 1. The molecule has 0 spiro atoms. The molecule has 0 radical (unpaired) electrons. The smallest absolute Gasteiger partial charge is 0.264 e. The van der Waals surface area contributed by atoms with Crippen LogP contribution in [0.25, 0.3) is 0 Å². The summed E-state index contributed by atoms with van der Waals surface area (Å²) in [7, 11) is -0.735. The highest BCUT2D eigenvalue weighted by Crippen LogP contribution is 2.36. The Kier molecular flexibility index (Phi) is 6.15. The highest BCUT2D eigenvalue weighted by molar-refractivity contribution is 7.92. The first-order valence-corrected chi connectivity index (χ1v) is 13.1. The van der Waals surface area contributed by atoms with Crippen LogP contribution in [0.4, 0.5) is 5.69 Å². The summed E-state index contributed by atoms with van der Waals surface area (Å²) < 4.78 is 39.3. The van der Waals surface area contributed by atoms with Crippen molar-refractivity contribution < 1.29 is 22.7 Å². The lowest BCUT2D eigenvalue weighted by Gasteiger charge is -2.25. The summed E-state index contributed by atoms with van der Waals surface area (Å²) in [5.41, 5.74) is 2.92. The van der Waals surface area contributed by atoms with Gasteiger partial charge in [0.15, 0.2) is 0 Å². The van der Waals surface area contributed by atoms with Crippen LogP contribution in [0.5, 0.6) is 11.5 Å². The predicted molar refractivity (Wildman–Crippen MR) is 134 cm³/mol. The summed E-state index contributed by atoms with van der Waals surface area (Å²) >= 11 is 0. The maximum Gasteiger partial charge on any atom is 0.264 e. The molecule has 1 saturated carbocycles. The average molecular weight is 493 g/mol. The van der Waals surface area contributed by atoms with Gasteiger partial charge in [0.25, 0.3) is 15.9 Å². The van der Waals surface area contributed by atoms with Gasteiger partial charge in [-0.25, -0.2) is 8.42 Å². The van der Waals surface area contributed by atoms with Gasteiger partial charge in [0.05, 0.1) is 30.4 Å². The predicted octanol–water partition coefficient (Wildman–Crippen LogP) is 4.26. The van der Waals surface area contributed by atoms with Crippen molar-refractivity contribution in [3.63, 3.8) is 0 Å². The molecule has 1 amide bonds. The van der Waals surface area contributed by atoms with E-state index >= 15 is 0 Å². The third kappa shape index (κ3) is 4.46. The largest absolute Gasteiger partial charge is 0.497 e. The van der Waals surface area contributed by atoms with Crippen LogP contribution in [0.1, 0.15) is 34.3 Å². The molecule has 8 heteroatoms. The van der Waals surface area contributed by atoms with E-state index in [1.54, 1.807) is 18.1 Å². The number of hydrogen-bond donors (Lipinski definition) is 0. The van der Waals surface area contributed by atoms with Crippen LogP contribution < -0.4 is 13.8 Å². The van der Waals surface area contributed by atoms with Gasteiger partial charge in [-0.2, -0.15) is 0 Å². The molecule has 7 nitrogen and oxygen atoms in total. The van der Waals surface area contributed by atoms with E-state index in [1.807, 2.05) is 48.5 Å². The van der Waals surface area contributed by atoms with E-state index in [9.17, 15) is 13.2 Å². The van der Waals surface area contributed by atoms with E-state index in [0.29, 0.717) is 30.9 Å². The summed E-state index contributed by atoms with van der Waals surface area (Å²) in [4.78, 5) is 15.6. The molecule has 1 aliphatic carbocycles. The van der Waals surface area contributed by atoms with Gasteiger partial charge in [-0.1, -0.05) is 30.3 Å². The minimum atomic E-state index is -3.84. The Balaban J connectivity index is 1.47. The number of rotatable bonds is 8. The number of benzene rings is 3. The Bertz CT molecular complexity index is 1350. The lowest BCUT2D eigenvalue weighted by molar-refractivity contribution is 0.0726. The summed E-state index contributed by atoms with van der Waals surface area (Å²) in [5.74, 6) is 0.872. The number of hydrogen-bond acceptors (Lipinski definition) is 5. The normalized spacial score (nSPS) is 15.0. The van der Waals surface area contributed by atoms with Crippen LogP contribution in [0, 0.1) is 0 Å². The molecule has 0 aromatic heterocycles. The minimum absolute atomic E-state index is 0.0820. The molecule has 35 heavy (non-hydrogen) atoms. The molecule has 2 aliphatic rings. The van der Waals surface area contributed by atoms with Gasteiger partial charge in [-0.05, 0) is 66.8 Å². The van der Waals surface area contributed by atoms with E-state index in [2.05, 4.69) is 0 Å². The second-order valence-electron chi connectivity index (χ2n) is 8.83. The number of methoxy groups -OCH3 is 2. The highest BCUT2D eigenvalue weighted by atomic mass is 32.2. The maximum atomic E-state index is 13.7. The monoisotopic (exact) mass is 492 g/mol. The molecule has 0 atom stereocenters. The first-order chi connectivity index (χ1) is 16.9. The summed E-state index contributed by atoms with van der Waals surface area (Å²) in [6.07, 6.45) is 2.51. The van der Waals surface area contributed by atoms with Gasteiger partial charge in [0.1, 0.15) is 11.5 Å². The average Bonchev–Trinajstić information content (AvgIpc) is 3.64. The maximum absolute atomic E-state index is 13.7. The minimum Gasteiger partial charge on any atom is -0.497 e. The molecular weight excluding hydrogens is 464 g/mol. The van der Waals surface area contributed by atoms with Crippen molar-refractivity contribution in [2.24, 2.45) is 0 Å². The lowest BCUT2D eigenvalue weighted by atomic mass is 10.1. The molecule has 5 rings (SSSR count). The van der Waals surface area contributed by atoms with Crippen molar-refractivity contribution in [2.75, 3.05) is 25.1 Å². The topological polar surface area (TPSA) is 76.2 Å². The summed E-state index contributed by atoms with van der Waals surface area (Å²) in [5, 5.41) is 0. The van der Waals surface area contributed by atoms with Crippen molar-refractivity contribution in [2.45, 2.75) is 36.7 Å². The molecule has 3 aromatic carbocycles. The Morgan fingerprint density at radius 3 is 2.43 bits per heavy atom. The van der Waals surface area contributed by atoms with Gasteiger partial charge in [-0.3, -0.25) is 9.10 Å². The van der Waals surface area contributed by atoms with Crippen LogP contribution in [0.2, 0.25) is 0 Å². The number of amides is 1. The third-order valence-electron chi connectivity index (χ3n) is 6.59. The van der Waals surface area contributed by atoms with Crippen molar-refractivity contribution in [1.29, 1.82) is 0 Å². The lowest BCUT2D eigenvalue weighted by Crippen LogP contribution is -2.33. The fourth-order valence-electron chi connectivity index (χ4n) is 4.53. The van der Waals surface area contributed by atoms with Crippen LogP contribution in [-0.2, 0) is 23.0 Å². The fraction of sp³-hybridized carbons (Fsp3) is 0.296. The second-order valence-corrected chi connectivity index (χ2v) is 10.7. The summed E-state index contributed by atoms with van der Waals surface area (Å²) in [6.45, 7) is 0.801. The molecule has 1 heterocycles. The number of anilines is 1. The Morgan fingerprint density at radius 2 is 1.74 bits per heavy atom. The molecule has 3 aromatic rings. The molecule has 0 saturated heterocycles. The fourth-order valence-corrected chi connectivity index (χ4v) is 6.06. The molecule has 1 fully saturated rings. The van der Waals surface area contributed by atoms with Gasteiger partial charge in [0, 0.05) is 19.1 Å². The standard InChI is InChI=1S/C27H28N2O5S/c1-33-22-11-7-19(8-12-22)18-28(21-9-10-21)27(30)24-17-23(13-14-26(24)34-2)35(31,32)29-16-15-20-5-3-4-6-25(20)29/h3-8,11-14,17,21H,9-10,15-16,18H2,1-2H3. The quantitative estimate of drug-likeness (QED) is 0.470. The first-order valence-electron chi connectivity index (χ1n) is 11.6. The van der Waals surface area contributed by atoms with Gasteiger partial charge in [0.2, 0.25) is 0 Å². The van der Waals surface area contributed by atoms with E-state index in [0.717, 1.165) is 29.7 Å². The van der Waals surface area contributed by atoms with Gasteiger partial charge in [-0.15, -0.1) is 0 Å². The van der Waals surface area contributed by atoms with Crippen molar-refractivity contribution in [1.82, 2.24) is 4.90 Å². The van der Waals surface area contributed by atoms with E-state index in [-0.39, 0.29) is 22.4 Å². The molecule has 0 bridgehead atoms. The Hall–Kier alpha value is -3.52. The number of ether oxygens (including phenoxy) is 2. The number of carbonyl (C=O) groups excluding carboxylic acids is 1. The zero-order chi connectivity index (χ0) is 24.6. The molecular formula is C27H28N2O5S. The number of sulfonamides is 1. The Labute approximate surface area is 205 Å². The molecule has 182 valence electrons. The number of nitrogens with zero attached hydrogens (tertiary/aromatic N) is 2. The van der Waals surface area contributed by atoms with E-state index < -0.39 is 10.0 Å².